The van der Waals surface area contributed by atoms with E-state index in [0.717, 1.165) is 5.71 Å². The molecule has 0 spiro atoms. The summed E-state index contributed by atoms with van der Waals surface area (Å²) in [5, 5.41) is 3.85. The maximum absolute atomic E-state index is 10.5. The molecule has 0 radical (unpaired) electrons. The van der Waals surface area contributed by atoms with Crippen LogP contribution in [-0.4, -0.2) is 18.9 Å². The summed E-state index contributed by atoms with van der Waals surface area (Å²) in [6.45, 7) is 1.91. The quantitative estimate of drug-likeness (QED) is 0.481. The summed E-state index contributed by atoms with van der Waals surface area (Å²) in [6, 6.07) is 0. The van der Waals surface area contributed by atoms with E-state index in [-0.39, 0.29) is 0 Å². The predicted molar refractivity (Wildman–Crippen MR) is 41.4 cm³/mol. The number of hydrazone groups is 1. The van der Waals surface area contributed by atoms with Crippen LogP contribution in [0.3, 0.4) is 0 Å². The van der Waals surface area contributed by atoms with Crippen molar-refractivity contribution in [3.05, 3.63) is 0 Å². The van der Waals surface area contributed by atoms with E-state index < -0.39 is 6.09 Å². The molecule has 0 aromatic rings. The fourth-order valence-corrected chi connectivity index (χ4v) is 0.772. The number of carbonyl (C=O) groups excluding carboxylic acids is 1. The van der Waals surface area contributed by atoms with E-state index >= 15 is 0 Å². The van der Waals surface area contributed by atoms with Gasteiger partial charge in [0.2, 0.25) is 0 Å². The SMILES string of the molecule is COC(=O)NN=C(C)C1CC1. The molecule has 1 rings (SSSR count). The number of hydrogen-bond donors (Lipinski definition) is 1. The van der Waals surface area contributed by atoms with Crippen LogP contribution >= 0.6 is 0 Å². The minimum atomic E-state index is -0.509. The molecule has 1 fully saturated rings. The zero-order valence-corrected chi connectivity index (χ0v) is 6.76. The number of nitrogens with one attached hydrogen (secondary N) is 1. The van der Waals surface area contributed by atoms with Crippen molar-refractivity contribution in [2.75, 3.05) is 7.11 Å². The molecule has 4 nitrogen and oxygen atoms in total. The Bertz CT molecular complexity index is 185. The first-order valence-corrected chi connectivity index (χ1v) is 3.62. The molecule has 62 valence electrons. The van der Waals surface area contributed by atoms with E-state index in [1.165, 1.54) is 20.0 Å². The summed E-state index contributed by atoms with van der Waals surface area (Å²) in [4.78, 5) is 10.5. The van der Waals surface area contributed by atoms with E-state index in [1.807, 2.05) is 6.92 Å². The highest BCUT2D eigenvalue weighted by Gasteiger charge is 2.24. The van der Waals surface area contributed by atoms with Crippen LogP contribution in [-0.2, 0) is 4.74 Å². The lowest BCUT2D eigenvalue weighted by atomic mass is 10.3. The summed E-state index contributed by atoms with van der Waals surface area (Å²) in [6.07, 6.45) is 1.88. The van der Waals surface area contributed by atoms with Crippen molar-refractivity contribution in [2.24, 2.45) is 11.0 Å². The Hall–Kier alpha value is -1.06. The van der Waals surface area contributed by atoms with Gasteiger partial charge in [0.05, 0.1) is 7.11 Å². The minimum Gasteiger partial charge on any atom is -0.452 e. The van der Waals surface area contributed by atoms with Gasteiger partial charge in [0.25, 0.3) is 0 Å². The van der Waals surface area contributed by atoms with Gasteiger partial charge in [-0.3, -0.25) is 0 Å². The molecule has 4 heteroatoms. The van der Waals surface area contributed by atoms with E-state index in [1.54, 1.807) is 0 Å². The van der Waals surface area contributed by atoms with Gasteiger partial charge in [-0.2, -0.15) is 5.10 Å². The number of rotatable bonds is 2. The summed E-state index contributed by atoms with van der Waals surface area (Å²) < 4.78 is 4.34. The average Bonchev–Trinajstić information content (AvgIpc) is 2.81. The number of amides is 1. The fourth-order valence-electron chi connectivity index (χ4n) is 0.772. The molecule has 0 unspecified atom stereocenters. The second-order valence-corrected chi connectivity index (χ2v) is 2.63. The molecule has 0 heterocycles. The van der Waals surface area contributed by atoms with Crippen LogP contribution in [0, 0.1) is 5.92 Å². The van der Waals surface area contributed by atoms with Gasteiger partial charge in [-0.05, 0) is 25.7 Å². The predicted octanol–water partition coefficient (Wildman–Crippen LogP) is 1.13. The Kier molecular flexibility index (Phi) is 2.46. The molecule has 0 saturated heterocycles. The highest BCUT2D eigenvalue weighted by molar-refractivity contribution is 5.87. The third-order valence-corrected chi connectivity index (χ3v) is 1.68. The Morgan fingerprint density at radius 1 is 1.64 bits per heavy atom. The van der Waals surface area contributed by atoms with Crippen molar-refractivity contribution < 1.29 is 9.53 Å². The van der Waals surface area contributed by atoms with Crippen LogP contribution in [0.2, 0.25) is 0 Å². The van der Waals surface area contributed by atoms with Crippen molar-refractivity contribution in [1.29, 1.82) is 0 Å². The Morgan fingerprint density at radius 3 is 2.73 bits per heavy atom. The van der Waals surface area contributed by atoms with Crippen LogP contribution in [0.25, 0.3) is 0 Å². The molecule has 1 N–H and O–H groups in total. The third kappa shape index (κ3) is 2.57. The molecule has 0 aromatic carbocycles. The van der Waals surface area contributed by atoms with Crippen molar-refractivity contribution >= 4 is 11.8 Å². The standard InChI is InChI=1S/C7H12N2O2/c1-5(6-3-4-6)8-9-7(10)11-2/h6H,3-4H2,1-2H3,(H,9,10). The zero-order valence-electron chi connectivity index (χ0n) is 6.76. The van der Waals surface area contributed by atoms with Crippen molar-refractivity contribution in [1.82, 2.24) is 5.43 Å². The lowest BCUT2D eigenvalue weighted by Gasteiger charge is -1.98. The van der Waals surface area contributed by atoms with E-state index in [4.69, 9.17) is 0 Å². The van der Waals surface area contributed by atoms with Crippen LogP contribution in [0.15, 0.2) is 5.10 Å². The van der Waals surface area contributed by atoms with Gasteiger partial charge in [-0.25, -0.2) is 10.2 Å². The molecule has 1 amide bonds. The van der Waals surface area contributed by atoms with E-state index in [2.05, 4.69) is 15.3 Å². The summed E-state index contributed by atoms with van der Waals surface area (Å²) >= 11 is 0. The molecule has 11 heavy (non-hydrogen) atoms. The largest absolute Gasteiger partial charge is 0.452 e. The highest BCUT2D eigenvalue weighted by atomic mass is 16.5. The fraction of sp³-hybridized carbons (Fsp3) is 0.714. The lowest BCUT2D eigenvalue weighted by molar-refractivity contribution is 0.171. The van der Waals surface area contributed by atoms with Crippen LogP contribution < -0.4 is 5.43 Å². The number of hydrogen-bond acceptors (Lipinski definition) is 3. The first-order chi connectivity index (χ1) is 5.24. The molecule has 0 atom stereocenters. The van der Waals surface area contributed by atoms with E-state index in [0.29, 0.717) is 5.92 Å². The summed E-state index contributed by atoms with van der Waals surface area (Å²) in [7, 11) is 1.32. The Morgan fingerprint density at radius 2 is 2.27 bits per heavy atom. The van der Waals surface area contributed by atoms with Gasteiger partial charge in [0.1, 0.15) is 0 Å². The number of nitrogens with zero attached hydrogens (tertiary/aromatic N) is 1. The number of carbonyl (C=O) groups is 1. The highest BCUT2D eigenvalue weighted by Crippen LogP contribution is 2.30. The van der Waals surface area contributed by atoms with Crippen molar-refractivity contribution in [2.45, 2.75) is 19.8 Å². The van der Waals surface area contributed by atoms with Gasteiger partial charge in [0.15, 0.2) is 0 Å². The second-order valence-electron chi connectivity index (χ2n) is 2.63. The summed E-state index contributed by atoms with van der Waals surface area (Å²) in [5.41, 5.74) is 3.26. The van der Waals surface area contributed by atoms with Gasteiger partial charge in [-0.15, -0.1) is 0 Å². The topological polar surface area (TPSA) is 50.7 Å². The van der Waals surface area contributed by atoms with Gasteiger partial charge in [-0.1, -0.05) is 0 Å². The monoisotopic (exact) mass is 156 g/mol. The molecule has 1 aliphatic rings. The smallest absolute Gasteiger partial charge is 0.427 e. The Balaban J connectivity index is 2.27. The molecule has 1 saturated carbocycles. The van der Waals surface area contributed by atoms with Crippen LogP contribution in [0.4, 0.5) is 4.79 Å². The maximum Gasteiger partial charge on any atom is 0.427 e. The molecular formula is C7H12N2O2. The normalized spacial score (nSPS) is 17.8. The summed E-state index contributed by atoms with van der Waals surface area (Å²) in [5.74, 6) is 0.590. The van der Waals surface area contributed by atoms with Gasteiger partial charge < -0.3 is 4.74 Å². The molecule has 0 aliphatic heterocycles. The maximum atomic E-state index is 10.5. The first-order valence-electron chi connectivity index (χ1n) is 3.62. The average molecular weight is 156 g/mol. The van der Waals surface area contributed by atoms with Crippen molar-refractivity contribution in [3.8, 4) is 0 Å². The van der Waals surface area contributed by atoms with Gasteiger partial charge >= 0.3 is 6.09 Å². The Labute approximate surface area is 65.6 Å². The first kappa shape index (κ1) is 8.04. The van der Waals surface area contributed by atoms with Gasteiger partial charge in [0, 0.05) is 5.71 Å². The lowest BCUT2D eigenvalue weighted by Crippen LogP contribution is -2.18. The third-order valence-electron chi connectivity index (χ3n) is 1.68. The second kappa shape index (κ2) is 3.37. The molecular weight excluding hydrogens is 144 g/mol. The zero-order chi connectivity index (χ0) is 8.27. The molecule has 1 aliphatic carbocycles. The van der Waals surface area contributed by atoms with E-state index in [9.17, 15) is 4.79 Å². The van der Waals surface area contributed by atoms with Crippen molar-refractivity contribution in [3.63, 3.8) is 0 Å². The van der Waals surface area contributed by atoms with Crippen LogP contribution in [0.1, 0.15) is 19.8 Å². The minimum absolute atomic E-state index is 0.509. The molecule has 0 aromatic heterocycles. The number of ether oxygens (including phenoxy) is 1. The number of methoxy groups -OCH3 is 1. The van der Waals surface area contributed by atoms with Crippen LogP contribution in [0.5, 0.6) is 0 Å². The molecule has 0 bridgehead atoms.